The molecule has 1 aromatic carbocycles. The van der Waals surface area contributed by atoms with Gasteiger partial charge in [0, 0.05) is 6.04 Å². The molecule has 0 bridgehead atoms. The van der Waals surface area contributed by atoms with Crippen LogP contribution in [0.15, 0.2) is 40.8 Å². The Morgan fingerprint density at radius 3 is 2.82 bits per heavy atom. The number of benzene rings is 1. The number of hydrogen-bond acceptors (Lipinski definition) is 2. The van der Waals surface area contributed by atoms with E-state index in [1.165, 1.54) is 12.1 Å². The Morgan fingerprint density at radius 1 is 1.35 bits per heavy atom. The van der Waals surface area contributed by atoms with Crippen LogP contribution in [0.25, 0.3) is 0 Å². The lowest BCUT2D eigenvalue weighted by Gasteiger charge is -2.13. The Kier molecular flexibility index (Phi) is 3.82. The second-order valence-electron chi connectivity index (χ2n) is 3.86. The molecular formula is C13H13ClFNO. The first-order valence-corrected chi connectivity index (χ1v) is 5.76. The molecule has 0 spiro atoms. The van der Waals surface area contributed by atoms with E-state index in [2.05, 4.69) is 5.32 Å². The van der Waals surface area contributed by atoms with Crippen LogP contribution in [0.2, 0.25) is 5.22 Å². The van der Waals surface area contributed by atoms with Crippen LogP contribution in [-0.4, -0.2) is 0 Å². The molecule has 2 aromatic rings. The van der Waals surface area contributed by atoms with Gasteiger partial charge in [-0.2, -0.15) is 0 Å². The van der Waals surface area contributed by atoms with Gasteiger partial charge in [-0.25, -0.2) is 4.39 Å². The van der Waals surface area contributed by atoms with E-state index in [9.17, 15) is 4.39 Å². The van der Waals surface area contributed by atoms with Gasteiger partial charge >= 0.3 is 0 Å². The van der Waals surface area contributed by atoms with Crippen LogP contribution in [0.3, 0.4) is 0 Å². The SMILES string of the molecule is C[C@H](NCc1ccc(Cl)o1)c1cccc(F)c1. The maximum Gasteiger partial charge on any atom is 0.193 e. The van der Waals surface area contributed by atoms with E-state index in [-0.39, 0.29) is 11.9 Å². The third-order valence-corrected chi connectivity index (χ3v) is 2.76. The van der Waals surface area contributed by atoms with Crippen molar-refractivity contribution in [1.82, 2.24) is 5.32 Å². The van der Waals surface area contributed by atoms with E-state index >= 15 is 0 Å². The summed E-state index contributed by atoms with van der Waals surface area (Å²) in [5, 5.41) is 3.61. The number of hydrogen-bond donors (Lipinski definition) is 1. The molecule has 0 fully saturated rings. The molecule has 1 aromatic heterocycles. The van der Waals surface area contributed by atoms with Crippen molar-refractivity contribution in [2.75, 3.05) is 0 Å². The predicted molar refractivity (Wildman–Crippen MR) is 65.4 cm³/mol. The summed E-state index contributed by atoms with van der Waals surface area (Å²) in [5.74, 6) is 0.537. The van der Waals surface area contributed by atoms with Gasteiger partial charge in [0.25, 0.3) is 0 Å². The summed E-state index contributed by atoms with van der Waals surface area (Å²) in [6, 6.07) is 10.1. The Bertz CT molecular complexity index is 498. The highest BCUT2D eigenvalue weighted by molar-refractivity contribution is 6.28. The van der Waals surface area contributed by atoms with E-state index in [0.717, 1.165) is 11.3 Å². The van der Waals surface area contributed by atoms with Crippen LogP contribution in [0, 0.1) is 5.82 Å². The van der Waals surface area contributed by atoms with E-state index < -0.39 is 0 Å². The van der Waals surface area contributed by atoms with Gasteiger partial charge in [0.2, 0.25) is 0 Å². The van der Waals surface area contributed by atoms with Gasteiger partial charge in [-0.05, 0) is 48.4 Å². The van der Waals surface area contributed by atoms with Gasteiger partial charge in [0.05, 0.1) is 6.54 Å². The molecule has 1 N–H and O–H groups in total. The summed E-state index contributed by atoms with van der Waals surface area (Å²) in [5.41, 5.74) is 0.905. The van der Waals surface area contributed by atoms with Gasteiger partial charge < -0.3 is 9.73 Å². The Labute approximate surface area is 104 Å². The van der Waals surface area contributed by atoms with Crippen molar-refractivity contribution in [2.45, 2.75) is 19.5 Å². The summed E-state index contributed by atoms with van der Waals surface area (Å²) < 4.78 is 18.3. The van der Waals surface area contributed by atoms with Crippen molar-refractivity contribution in [3.05, 3.63) is 58.8 Å². The second kappa shape index (κ2) is 5.34. The highest BCUT2D eigenvalue weighted by atomic mass is 35.5. The Balaban J connectivity index is 1.95. The molecule has 90 valence electrons. The van der Waals surface area contributed by atoms with Crippen molar-refractivity contribution in [3.8, 4) is 0 Å². The first-order valence-electron chi connectivity index (χ1n) is 5.38. The van der Waals surface area contributed by atoms with E-state index in [4.69, 9.17) is 16.0 Å². The predicted octanol–water partition coefficient (Wildman–Crippen LogP) is 3.92. The molecule has 0 aliphatic rings. The fourth-order valence-corrected chi connectivity index (χ4v) is 1.76. The molecule has 0 saturated heterocycles. The molecule has 0 amide bonds. The van der Waals surface area contributed by atoms with Gasteiger partial charge in [-0.1, -0.05) is 12.1 Å². The highest BCUT2D eigenvalue weighted by Crippen LogP contribution is 2.16. The van der Waals surface area contributed by atoms with Crippen molar-refractivity contribution in [2.24, 2.45) is 0 Å². The minimum absolute atomic E-state index is 0.0505. The minimum atomic E-state index is -0.225. The highest BCUT2D eigenvalue weighted by Gasteiger charge is 2.07. The maximum absolute atomic E-state index is 13.0. The average Bonchev–Trinajstić information content (AvgIpc) is 2.72. The number of furan rings is 1. The zero-order chi connectivity index (χ0) is 12.3. The third kappa shape index (κ3) is 3.32. The summed E-state index contributed by atoms with van der Waals surface area (Å²) >= 11 is 5.67. The molecule has 0 radical (unpaired) electrons. The van der Waals surface area contributed by atoms with E-state index in [1.807, 2.05) is 19.1 Å². The van der Waals surface area contributed by atoms with Crippen molar-refractivity contribution in [1.29, 1.82) is 0 Å². The van der Waals surface area contributed by atoms with Crippen molar-refractivity contribution in [3.63, 3.8) is 0 Å². The Hall–Kier alpha value is -1.32. The molecule has 4 heteroatoms. The maximum atomic E-state index is 13.0. The average molecular weight is 254 g/mol. The zero-order valence-electron chi connectivity index (χ0n) is 9.41. The largest absolute Gasteiger partial charge is 0.448 e. The molecule has 0 aliphatic carbocycles. The molecule has 0 aliphatic heterocycles. The molecule has 0 unspecified atom stereocenters. The molecule has 1 atom stereocenters. The van der Waals surface area contributed by atoms with Crippen LogP contribution < -0.4 is 5.32 Å². The number of halogens is 2. The number of nitrogens with one attached hydrogen (secondary N) is 1. The third-order valence-electron chi connectivity index (χ3n) is 2.56. The lowest BCUT2D eigenvalue weighted by molar-refractivity contribution is 0.461. The lowest BCUT2D eigenvalue weighted by Crippen LogP contribution is -2.17. The monoisotopic (exact) mass is 253 g/mol. The molecule has 2 nitrogen and oxygen atoms in total. The minimum Gasteiger partial charge on any atom is -0.448 e. The molecule has 17 heavy (non-hydrogen) atoms. The lowest BCUT2D eigenvalue weighted by atomic mass is 10.1. The van der Waals surface area contributed by atoms with Crippen LogP contribution >= 0.6 is 11.6 Å². The van der Waals surface area contributed by atoms with Crippen LogP contribution in [0.1, 0.15) is 24.3 Å². The zero-order valence-corrected chi connectivity index (χ0v) is 10.2. The summed E-state index contributed by atoms with van der Waals surface area (Å²) in [4.78, 5) is 0. The number of rotatable bonds is 4. The fraction of sp³-hybridized carbons (Fsp3) is 0.231. The summed E-state index contributed by atoms with van der Waals surface area (Å²) in [6.45, 7) is 2.53. The van der Waals surface area contributed by atoms with E-state index in [0.29, 0.717) is 11.8 Å². The molecule has 2 rings (SSSR count). The van der Waals surface area contributed by atoms with E-state index in [1.54, 1.807) is 12.1 Å². The first kappa shape index (κ1) is 12.1. The topological polar surface area (TPSA) is 25.2 Å². The summed E-state index contributed by atoms with van der Waals surface area (Å²) in [7, 11) is 0. The van der Waals surface area contributed by atoms with Crippen molar-refractivity contribution < 1.29 is 8.81 Å². The smallest absolute Gasteiger partial charge is 0.193 e. The van der Waals surface area contributed by atoms with Gasteiger partial charge in [-0.3, -0.25) is 0 Å². The molecule has 1 heterocycles. The quantitative estimate of drug-likeness (QED) is 0.893. The van der Waals surface area contributed by atoms with Gasteiger partial charge in [0.15, 0.2) is 5.22 Å². The molecule has 0 saturated carbocycles. The fourth-order valence-electron chi connectivity index (χ4n) is 1.59. The molecular weight excluding hydrogens is 241 g/mol. The second-order valence-corrected chi connectivity index (χ2v) is 4.24. The standard InChI is InChI=1S/C13H13ClFNO/c1-9(10-3-2-4-11(15)7-10)16-8-12-5-6-13(14)17-12/h2-7,9,16H,8H2,1H3/t9-/m0/s1. The summed E-state index contributed by atoms with van der Waals surface area (Å²) in [6.07, 6.45) is 0. The first-order chi connectivity index (χ1) is 8.15. The van der Waals surface area contributed by atoms with Gasteiger partial charge in [-0.15, -0.1) is 0 Å². The normalized spacial score (nSPS) is 12.6. The van der Waals surface area contributed by atoms with Gasteiger partial charge in [0.1, 0.15) is 11.6 Å². The van der Waals surface area contributed by atoms with Crippen molar-refractivity contribution >= 4 is 11.6 Å². The Morgan fingerprint density at radius 2 is 2.18 bits per heavy atom. The van der Waals surface area contributed by atoms with Crippen LogP contribution in [0.4, 0.5) is 4.39 Å². The van der Waals surface area contributed by atoms with Crippen LogP contribution in [-0.2, 0) is 6.54 Å². The van der Waals surface area contributed by atoms with Crippen LogP contribution in [0.5, 0.6) is 0 Å².